The third kappa shape index (κ3) is 4.18. The standard InChI is InChI=1S/C14H23IN2S/c1-17(2)9-4-3-8-16-12-6-5-7-13-11(12)10-14(15)18-13/h10,12,16H,3-9H2,1-2H3. The summed E-state index contributed by atoms with van der Waals surface area (Å²) >= 11 is 4.44. The Morgan fingerprint density at radius 1 is 1.44 bits per heavy atom. The fraction of sp³-hybridized carbons (Fsp3) is 0.714. The molecule has 2 rings (SSSR count). The first kappa shape index (κ1) is 14.8. The molecule has 0 aliphatic heterocycles. The molecule has 1 aromatic rings. The minimum Gasteiger partial charge on any atom is -0.310 e. The molecule has 1 atom stereocenters. The Morgan fingerprint density at radius 2 is 2.28 bits per heavy atom. The van der Waals surface area contributed by atoms with Crippen molar-refractivity contribution in [3.05, 3.63) is 19.4 Å². The van der Waals surface area contributed by atoms with E-state index in [9.17, 15) is 0 Å². The van der Waals surface area contributed by atoms with Crippen molar-refractivity contribution in [2.75, 3.05) is 27.2 Å². The number of rotatable bonds is 6. The molecule has 1 N–H and O–H groups in total. The molecule has 0 saturated carbocycles. The highest BCUT2D eigenvalue weighted by atomic mass is 127. The zero-order chi connectivity index (χ0) is 13.0. The van der Waals surface area contributed by atoms with Gasteiger partial charge in [-0.3, -0.25) is 0 Å². The zero-order valence-corrected chi connectivity index (χ0v) is 14.3. The maximum absolute atomic E-state index is 3.75. The molecule has 2 nitrogen and oxygen atoms in total. The predicted octanol–water partition coefficient (Wildman–Crippen LogP) is 3.66. The fourth-order valence-corrected chi connectivity index (χ4v) is 4.68. The smallest absolute Gasteiger partial charge is 0.0659 e. The van der Waals surface area contributed by atoms with Crippen molar-refractivity contribution in [3.63, 3.8) is 0 Å². The van der Waals surface area contributed by atoms with Crippen molar-refractivity contribution in [1.29, 1.82) is 0 Å². The number of thiophene rings is 1. The Morgan fingerprint density at radius 3 is 3.06 bits per heavy atom. The van der Waals surface area contributed by atoms with Gasteiger partial charge in [0.1, 0.15) is 0 Å². The molecule has 0 fully saturated rings. The summed E-state index contributed by atoms with van der Waals surface area (Å²) in [7, 11) is 4.29. The van der Waals surface area contributed by atoms with E-state index in [1.54, 1.807) is 10.4 Å². The van der Waals surface area contributed by atoms with Gasteiger partial charge in [-0.25, -0.2) is 0 Å². The summed E-state index contributed by atoms with van der Waals surface area (Å²) in [5.41, 5.74) is 1.59. The lowest BCUT2D eigenvalue weighted by molar-refractivity contribution is 0.383. The second-order valence-electron chi connectivity index (χ2n) is 5.34. The third-order valence-electron chi connectivity index (χ3n) is 3.51. The maximum atomic E-state index is 3.75. The molecular weight excluding hydrogens is 355 g/mol. The van der Waals surface area contributed by atoms with Crippen LogP contribution in [0.5, 0.6) is 0 Å². The van der Waals surface area contributed by atoms with Gasteiger partial charge in [-0.15, -0.1) is 11.3 Å². The molecule has 1 aliphatic carbocycles. The number of nitrogens with zero attached hydrogens (tertiary/aromatic N) is 1. The van der Waals surface area contributed by atoms with E-state index >= 15 is 0 Å². The van der Waals surface area contributed by atoms with Crippen LogP contribution >= 0.6 is 33.9 Å². The van der Waals surface area contributed by atoms with E-state index in [1.807, 2.05) is 11.3 Å². The highest BCUT2D eigenvalue weighted by Gasteiger charge is 2.21. The lowest BCUT2D eigenvalue weighted by atomic mass is 9.94. The van der Waals surface area contributed by atoms with Gasteiger partial charge in [0.25, 0.3) is 0 Å². The van der Waals surface area contributed by atoms with Crippen LogP contribution in [0.25, 0.3) is 0 Å². The van der Waals surface area contributed by atoms with Crippen LogP contribution in [0.3, 0.4) is 0 Å². The first-order valence-corrected chi connectivity index (χ1v) is 8.72. The monoisotopic (exact) mass is 378 g/mol. The van der Waals surface area contributed by atoms with Gasteiger partial charge in [-0.2, -0.15) is 0 Å². The highest BCUT2D eigenvalue weighted by Crippen LogP contribution is 2.36. The minimum atomic E-state index is 0.618. The Bertz CT molecular complexity index is 376. The van der Waals surface area contributed by atoms with Gasteiger partial charge in [0.2, 0.25) is 0 Å². The Kier molecular flexibility index (Phi) is 5.92. The summed E-state index contributed by atoms with van der Waals surface area (Å²) in [4.78, 5) is 3.89. The molecule has 0 bridgehead atoms. The molecule has 0 radical (unpaired) electrons. The fourth-order valence-electron chi connectivity index (χ4n) is 2.56. The van der Waals surface area contributed by atoms with Crippen LogP contribution in [0.15, 0.2) is 6.07 Å². The lowest BCUT2D eigenvalue weighted by Gasteiger charge is -2.23. The number of nitrogens with one attached hydrogen (secondary N) is 1. The topological polar surface area (TPSA) is 15.3 Å². The van der Waals surface area contributed by atoms with Crippen molar-refractivity contribution < 1.29 is 0 Å². The number of aryl methyl sites for hydroxylation is 1. The second kappa shape index (κ2) is 7.22. The summed E-state index contributed by atoms with van der Waals surface area (Å²) in [5.74, 6) is 0. The zero-order valence-electron chi connectivity index (χ0n) is 11.3. The van der Waals surface area contributed by atoms with Crippen LogP contribution in [0, 0.1) is 2.88 Å². The van der Waals surface area contributed by atoms with Gasteiger partial charge >= 0.3 is 0 Å². The molecule has 1 aromatic heterocycles. The molecule has 0 saturated heterocycles. The van der Waals surface area contributed by atoms with Crippen molar-refractivity contribution in [2.24, 2.45) is 0 Å². The molecule has 0 spiro atoms. The van der Waals surface area contributed by atoms with Gasteiger partial charge < -0.3 is 10.2 Å². The van der Waals surface area contributed by atoms with Gasteiger partial charge in [0, 0.05) is 10.9 Å². The lowest BCUT2D eigenvalue weighted by Crippen LogP contribution is -2.25. The highest BCUT2D eigenvalue weighted by molar-refractivity contribution is 14.1. The number of fused-ring (bicyclic) bond motifs is 1. The molecule has 0 aromatic carbocycles. The summed E-state index contributed by atoms with van der Waals surface area (Å²) in [5, 5.41) is 3.75. The number of hydrogen-bond donors (Lipinski definition) is 1. The Balaban J connectivity index is 1.77. The minimum absolute atomic E-state index is 0.618. The average Bonchev–Trinajstić information content (AvgIpc) is 2.69. The van der Waals surface area contributed by atoms with E-state index in [2.05, 4.69) is 53.0 Å². The summed E-state index contributed by atoms with van der Waals surface area (Å²) in [6.07, 6.45) is 6.53. The maximum Gasteiger partial charge on any atom is 0.0659 e. The first-order chi connectivity index (χ1) is 8.66. The Labute approximate surface area is 128 Å². The number of unbranched alkanes of at least 4 members (excludes halogenated alkanes) is 1. The SMILES string of the molecule is CN(C)CCCCNC1CCCc2sc(I)cc21. The van der Waals surface area contributed by atoms with Crippen LogP contribution in [-0.2, 0) is 6.42 Å². The summed E-state index contributed by atoms with van der Waals surface area (Å²) in [6, 6.07) is 3.00. The number of halogens is 1. The van der Waals surface area contributed by atoms with Gasteiger partial charge in [0.05, 0.1) is 2.88 Å². The van der Waals surface area contributed by atoms with Crippen LogP contribution in [0.4, 0.5) is 0 Å². The van der Waals surface area contributed by atoms with Crippen LogP contribution in [0.2, 0.25) is 0 Å². The third-order valence-corrected chi connectivity index (χ3v) is 5.48. The van der Waals surface area contributed by atoms with Gasteiger partial charge in [-0.05, 0) is 93.5 Å². The van der Waals surface area contributed by atoms with E-state index in [0.717, 1.165) is 6.54 Å². The van der Waals surface area contributed by atoms with Crippen molar-refractivity contribution in [2.45, 2.75) is 38.1 Å². The van der Waals surface area contributed by atoms with E-state index < -0.39 is 0 Å². The van der Waals surface area contributed by atoms with Crippen molar-refractivity contribution in [1.82, 2.24) is 10.2 Å². The van der Waals surface area contributed by atoms with E-state index in [0.29, 0.717) is 6.04 Å². The van der Waals surface area contributed by atoms with Crippen LogP contribution < -0.4 is 5.32 Å². The van der Waals surface area contributed by atoms with E-state index in [4.69, 9.17) is 0 Å². The second-order valence-corrected chi connectivity index (χ2v) is 8.37. The van der Waals surface area contributed by atoms with E-state index in [-0.39, 0.29) is 0 Å². The summed E-state index contributed by atoms with van der Waals surface area (Å²) < 4.78 is 1.44. The molecule has 102 valence electrons. The van der Waals surface area contributed by atoms with Crippen LogP contribution in [0.1, 0.15) is 42.2 Å². The summed E-state index contributed by atoms with van der Waals surface area (Å²) in [6.45, 7) is 2.36. The van der Waals surface area contributed by atoms with Crippen molar-refractivity contribution in [3.8, 4) is 0 Å². The quantitative estimate of drug-likeness (QED) is 0.600. The molecule has 1 unspecified atom stereocenters. The Hall–Kier alpha value is 0.350. The molecular formula is C14H23IN2S. The number of hydrogen-bond acceptors (Lipinski definition) is 3. The molecule has 1 aliphatic rings. The molecule has 18 heavy (non-hydrogen) atoms. The van der Waals surface area contributed by atoms with Gasteiger partial charge in [-0.1, -0.05) is 0 Å². The van der Waals surface area contributed by atoms with Crippen molar-refractivity contribution >= 4 is 33.9 Å². The predicted molar refractivity (Wildman–Crippen MR) is 88.5 cm³/mol. The van der Waals surface area contributed by atoms with Gasteiger partial charge in [0.15, 0.2) is 0 Å². The van der Waals surface area contributed by atoms with E-state index in [1.165, 1.54) is 41.5 Å². The largest absolute Gasteiger partial charge is 0.310 e. The normalized spacial score (nSPS) is 19.2. The first-order valence-electron chi connectivity index (χ1n) is 6.83. The van der Waals surface area contributed by atoms with Crippen LogP contribution in [-0.4, -0.2) is 32.1 Å². The molecule has 0 amide bonds. The molecule has 1 heterocycles. The average molecular weight is 378 g/mol. The molecule has 4 heteroatoms.